The molecule has 1 saturated heterocycles. The molecule has 1 aliphatic heterocycles. The van der Waals surface area contributed by atoms with E-state index in [1.54, 1.807) is 21.0 Å². The average Bonchev–Trinajstić information content (AvgIpc) is 3.30. The van der Waals surface area contributed by atoms with Gasteiger partial charge in [0.25, 0.3) is 0 Å². The van der Waals surface area contributed by atoms with E-state index in [1.165, 1.54) is 11.3 Å². The topological polar surface area (TPSA) is 64.6 Å². The lowest BCUT2D eigenvalue weighted by molar-refractivity contribution is -0.150. The first kappa shape index (κ1) is 18.6. The van der Waals surface area contributed by atoms with Crippen molar-refractivity contribution in [3.8, 4) is 5.75 Å². The van der Waals surface area contributed by atoms with Crippen molar-refractivity contribution in [2.75, 3.05) is 13.7 Å². The fourth-order valence-corrected chi connectivity index (χ4v) is 4.22. The monoisotopic (exact) mass is 373 g/mol. The number of hydrogen-bond donors (Lipinski definition) is 1. The van der Waals surface area contributed by atoms with Crippen LogP contribution < -0.4 is 10.1 Å². The largest absolute Gasteiger partial charge is 0.497 e. The van der Waals surface area contributed by atoms with Crippen LogP contribution in [0.15, 0.2) is 41.8 Å². The van der Waals surface area contributed by atoms with Gasteiger partial charge in [0.2, 0.25) is 0 Å². The lowest BCUT2D eigenvalue weighted by atomic mass is 9.86. The van der Waals surface area contributed by atoms with Gasteiger partial charge >= 0.3 is 5.97 Å². The molecule has 0 bridgehead atoms. The predicted molar refractivity (Wildman–Crippen MR) is 101 cm³/mol. The second kappa shape index (κ2) is 7.60. The lowest BCUT2D eigenvalue weighted by Gasteiger charge is -2.23. The van der Waals surface area contributed by atoms with Crippen molar-refractivity contribution < 1.29 is 19.1 Å². The molecule has 0 aliphatic carbocycles. The van der Waals surface area contributed by atoms with Crippen LogP contribution in [0.25, 0.3) is 0 Å². The fraction of sp³-hybridized carbons (Fsp3) is 0.400. The number of benzene rings is 1. The number of methoxy groups -OCH3 is 1. The van der Waals surface area contributed by atoms with Crippen molar-refractivity contribution in [3.63, 3.8) is 0 Å². The number of thiophene rings is 1. The molecule has 0 saturated carbocycles. The summed E-state index contributed by atoms with van der Waals surface area (Å²) in [5.74, 6) is 0.0919. The van der Waals surface area contributed by atoms with Crippen molar-refractivity contribution in [2.45, 2.75) is 31.8 Å². The maximum Gasteiger partial charge on any atom is 0.326 e. The first-order valence-electron chi connectivity index (χ1n) is 8.65. The van der Waals surface area contributed by atoms with Gasteiger partial charge in [0.15, 0.2) is 5.78 Å². The zero-order valence-corrected chi connectivity index (χ0v) is 16.0. The number of carbonyl (C=O) groups is 2. The normalized spacial score (nSPS) is 25.0. The molecule has 5 nitrogen and oxygen atoms in total. The highest BCUT2D eigenvalue weighted by molar-refractivity contribution is 7.12. The van der Waals surface area contributed by atoms with E-state index in [4.69, 9.17) is 9.47 Å². The number of carbonyl (C=O) groups excluding carboxylic acids is 2. The summed E-state index contributed by atoms with van der Waals surface area (Å²) in [5.41, 5.74) is 0.0220. The molecular weight excluding hydrogens is 350 g/mol. The fourth-order valence-electron chi connectivity index (χ4n) is 3.49. The maximum absolute atomic E-state index is 13.1. The summed E-state index contributed by atoms with van der Waals surface area (Å²) in [7, 11) is 1.61. The number of ether oxygens (including phenoxy) is 2. The molecule has 3 atom stereocenters. The molecule has 1 fully saturated rings. The molecule has 0 radical (unpaired) electrons. The van der Waals surface area contributed by atoms with E-state index >= 15 is 0 Å². The summed E-state index contributed by atoms with van der Waals surface area (Å²) in [6, 6.07) is 11.0. The van der Waals surface area contributed by atoms with Crippen molar-refractivity contribution in [2.24, 2.45) is 5.92 Å². The van der Waals surface area contributed by atoms with Crippen LogP contribution in [0.5, 0.6) is 5.75 Å². The van der Waals surface area contributed by atoms with Crippen molar-refractivity contribution >= 4 is 23.1 Å². The van der Waals surface area contributed by atoms with Crippen LogP contribution in [-0.4, -0.2) is 31.0 Å². The SMILES string of the molecule is CCOC(=O)[C@@]1(C)C[C@@H](C(=O)c2cccs2)[C@@H](c2cccc(OC)c2)N1. The number of Topliss-reactive ketones (excluding diaryl/α,β-unsaturated/α-hetero) is 1. The van der Waals surface area contributed by atoms with E-state index in [-0.39, 0.29) is 23.7 Å². The van der Waals surface area contributed by atoms with Gasteiger partial charge in [0, 0.05) is 12.0 Å². The van der Waals surface area contributed by atoms with Gasteiger partial charge in [-0.05, 0) is 49.4 Å². The van der Waals surface area contributed by atoms with Crippen LogP contribution >= 0.6 is 11.3 Å². The number of nitrogens with one attached hydrogen (secondary N) is 1. The van der Waals surface area contributed by atoms with Crippen LogP contribution in [0, 0.1) is 5.92 Å². The van der Waals surface area contributed by atoms with Crippen molar-refractivity contribution in [1.29, 1.82) is 0 Å². The maximum atomic E-state index is 13.1. The number of esters is 1. The lowest BCUT2D eigenvalue weighted by Crippen LogP contribution is -2.46. The molecule has 0 spiro atoms. The van der Waals surface area contributed by atoms with Crippen molar-refractivity contribution in [3.05, 3.63) is 52.2 Å². The molecular formula is C20H23NO4S. The smallest absolute Gasteiger partial charge is 0.326 e. The van der Waals surface area contributed by atoms with E-state index in [2.05, 4.69) is 5.32 Å². The zero-order valence-electron chi connectivity index (χ0n) is 15.2. The minimum Gasteiger partial charge on any atom is -0.497 e. The molecule has 138 valence electrons. The third kappa shape index (κ3) is 3.52. The molecule has 0 amide bonds. The highest BCUT2D eigenvalue weighted by Gasteiger charge is 2.50. The zero-order chi connectivity index (χ0) is 18.7. The standard InChI is InChI=1S/C20H23NO4S/c1-4-25-19(23)20(2)12-15(18(22)16-9-6-10-26-16)17(21-20)13-7-5-8-14(11-13)24-3/h5-11,15,17,21H,4,12H2,1-3H3/t15-,17-,20-/m1/s1. The summed E-state index contributed by atoms with van der Waals surface area (Å²) in [5, 5.41) is 5.26. The molecule has 0 unspecified atom stereocenters. The molecule has 3 rings (SSSR count). The number of hydrogen-bond acceptors (Lipinski definition) is 6. The molecule has 2 aromatic rings. The Balaban J connectivity index is 1.97. The first-order valence-corrected chi connectivity index (χ1v) is 9.53. The van der Waals surface area contributed by atoms with Gasteiger partial charge in [-0.2, -0.15) is 0 Å². The van der Waals surface area contributed by atoms with Gasteiger partial charge in [-0.15, -0.1) is 11.3 Å². The summed E-state index contributed by atoms with van der Waals surface area (Å²) in [4.78, 5) is 26.3. The Bertz CT molecular complexity index is 789. The Morgan fingerprint density at radius 3 is 2.77 bits per heavy atom. The Kier molecular flexibility index (Phi) is 5.44. The summed E-state index contributed by atoms with van der Waals surface area (Å²) >= 11 is 1.42. The second-order valence-electron chi connectivity index (χ2n) is 6.60. The minimum atomic E-state index is -0.901. The molecule has 1 aromatic heterocycles. The van der Waals surface area contributed by atoms with Gasteiger partial charge in [0.05, 0.1) is 18.6 Å². The van der Waals surface area contributed by atoms with Gasteiger partial charge in [-0.25, -0.2) is 0 Å². The van der Waals surface area contributed by atoms with Crippen molar-refractivity contribution in [1.82, 2.24) is 5.32 Å². The van der Waals surface area contributed by atoms with Gasteiger partial charge in [-0.1, -0.05) is 18.2 Å². The number of ketones is 1. The Morgan fingerprint density at radius 1 is 1.31 bits per heavy atom. The Labute approximate surface area is 157 Å². The first-order chi connectivity index (χ1) is 12.5. The Hall–Kier alpha value is -2.18. The summed E-state index contributed by atoms with van der Waals surface area (Å²) < 4.78 is 10.6. The molecule has 1 aromatic carbocycles. The average molecular weight is 373 g/mol. The minimum absolute atomic E-state index is 0.0494. The van der Waals surface area contributed by atoms with Crippen LogP contribution in [0.4, 0.5) is 0 Å². The van der Waals surface area contributed by atoms with Gasteiger partial charge in [-0.3, -0.25) is 14.9 Å². The van der Waals surface area contributed by atoms with E-state index in [0.717, 1.165) is 11.3 Å². The molecule has 1 aliphatic rings. The molecule has 26 heavy (non-hydrogen) atoms. The van der Waals surface area contributed by atoms with E-state index in [9.17, 15) is 9.59 Å². The second-order valence-corrected chi connectivity index (χ2v) is 7.55. The highest BCUT2D eigenvalue weighted by atomic mass is 32.1. The highest BCUT2D eigenvalue weighted by Crippen LogP contribution is 2.41. The third-order valence-electron chi connectivity index (χ3n) is 4.78. The van der Waals surface area contributed by atoms with Crippen LogP contribution in [0.1, 0.15) is 41.5 Å². The summed E-state index contributed by atoms with van der Waals surface area (Å²) in [6.45, 7) is 3.90. The molecule has 6 heteroatoms. The van der Waals surface area contributed by atoms with E-state index in [1.807, 2.05) is 41.8 Å². The third-order valence-corrected chi connectivity index (χ3v) is 5.67. The van der Waals surface area contributed by atoms with Gasteiger partial charge < -0.3 is 9.47 Å². The molecule has 1 N–H and O–H groups in total. The van der Waals surface area contributed by atoms with Crippen LogP contribution in [0.2, 0.25) is 0 Å². The van der Waals surface area contributed by atoms with E-state index in [0.29, 0.717) is 17.9 Å². The molecule has 2 heterocycles. The van der Waals surface area contributed by atoms with Crippen LogP contribution in [0.3, 0.4) is 0 Å². The van der Waals surface area contributed by atoms with E-state index < -0.39 is 5.54 Å². The summed E-state index contributed by atoms with van der Waals surface area (Å²) in [6.07, 6.45) is 0.393. The Morgan fingerprint density at radius 2 is 2.12 bits per heavy atom. The van der Waals surface area contributed by atoms with Gasteiger partial charge in [0.1, 0.15) is 11.3 Å². The quantitative estimate of drug-likeness (QED) is 0.619. The van der Waals surface area contributed by atoms with Crippen LogP contribution in [-0.2, 0) is 9.53 Å². The number of rotatable bonds is 6. The predicted octanol–water partition coefficient (Wildman–Crippen LogP) is 3.61.